The molecule has 0 saturated carbocycles. The van der Waals surface area contributed by atoms with Gasteiger partial charge in [0.25, 0.3) is 0 Å². The number of amides is 1. The van der Waals surface area contributed by atoms with E-state index in [-0.39, 0.29) is 5.41 Å². The van der Waals surface area contributed by atoms with Crippen LogP contribution in [0.25, 0.3) is 0 Å². The number of hydrogen-bond acceptors (Lipinski definition) is 2. The fourth-order valence-corrected chi connectivity index (χ4v) is 3.49. The van der Waals surface area contributed by atoms with Crippen LogP contribution in [0, 0.1) is 5.41 Å². The summed E-state index contributed by atoms with van der Waals surface area (Å²) in [6.45, 7) is 3.32. The fourth-order valence-electron chi connectivity index (χ4n) is 3.23. The summed E-state index contributed by atoms with van der Waals surface area (Å²) in [5, 5.41) is 9.11. The number of halogens is 1. The van der Waals surface area contributed by atoms with Gasteiger partial charge in [-0.1, -0.05) is 15.9 Å². The highest BCUT2D eigenvalue weighted by molar-refractivity contribution is 9.10. The Hall–Kier alpha value is -1.23. The molecule has 19 heavy (non-hydrogen) atoms. The molecule has 0 bridgehead atoms. The second kappa shape index (κ2) is 4.71. The lowest BCUT2D eigenvalue weighted by atomic mass is 9.73. The largest absolute Gasteiger partial charge is 0.465 e. The van der Waals surface area contributed by atoms with Gasteiger partial charge in [0.15, 0.2) is 0 Å². The predicted molar refractivity (Wildman–Crippen MR) is 77.6 cm³/mol. The summed E-state index contributed by atoms with van der Waals surface area (Å²) in [4.78, 5) is 15.0. The maximum absolute atomic E-state index is 11.1. The second-order valence-corrected chi connectivity index (χ2v) is 6.56. The molecule has 2 fully saturated rings. The number of benzene rings is 1. The molecule has 3 rings (SSSR count). The molecule has 102 valence electrons. The Kier molecular flexibility index (Phi) is 3.17. The lowest BCUT2D eigenvalue weighted by molar-refractivity contribution is 0.0587. The summed E-state index contributed by atoms with van der Waals surface area (Å²) in [5.74, 6) is 0. The van der Waals surface area contributed by atoms with Crippen LogP contribution in [0.2, 0.25) is 0 Å². The molecular formula is C14H17BrN2O2. The van der Waals surface area contributed by atoms with Crippen molar-refractivity contribution in [3.8, 4) is 0 Å². The van der Waals surface area contributed by atoms with Crippen molar-refractivity contribution >= 4 is 27.7 Å². The summed E-state index contributed by atoms with van der Waals surface area (Å²) in [7, 11) is 0. The van der Waals surface area contributed by atoms with Gasteiger partial charge in [0, 0.05) is 41.8 Å². The van der Waals surface area contributed by atoms with E-state index in [0.29, 0.717) is 13.1 Å². The Morgan fingerprint density at radius 2 is 1.89 bits per heavy atom. The van der Waals surface area contributed by atoms with Gasteiger partial charge in [0.1, 0.15) is 0 Å². The maximum atomic E-state index is 11.1. The van der Waals surface area contributed by atoms with Gasteiger partial charge < -0.3 is 14.9 Å². The Morgan fingerprint density at radius 1 is 1.21 bits per heavy atom. The average Bonchev–Trinajstić information content (AvgIpc) is 2.37. The molecule has 2 aliphatic rings. The van der Waals surface area contributed by atoms with Gasteiger partial charge in [0.2, 0.25) is 0 Å². The van der Waals surface area contributed by atoms with Gasteiger partial charge >= 0.3 is 6.09 Å². The monoisotopic (exact) mass is 324 g/mol. The van der Waals surface area contributed by atoms with Crippen LogP contribution in [0.4, 0.5) is 10.5 Å². The number of piperidine rings is 1. The Balaban J connectivity index is 1.65. The van der Waals surface area contributed by atoms with Gasteiger partial charge in [0.05, 0.1) is 0 Å². The maximum Gasteiger partial charge on any atom is 0.407 e. The normalized spacial score (nSPS) is 21.3. The summed E-state index contributed by atoms with van der Waals surface area (Å²) < 4.78 is 1.08. The van der Waals surface area contributed by atoms with E-state index in [1.807, 2.05) is 12.1 Å². The van der Waals surface area contributed by atoms with Crippen molar-refractivity contribution in [1.29, 1.82) is 0 Å². The standard InChI is InChI=1S/C14H17BrN2O2/c15-11-2-4-12(5-3-11)17-9-14(10-17)6-1-7-16(8-14)13(18)19/h2-5H,1,6-10H2,(H,18,19). The molecule has 2 aliphatic heterocycles. The van der Waals surface area contributed by atoms with Crippen LogP contribution >= 0.6 is 15.9 Å². The first kappa shape index (κ1) is 12.8. The molecule has 1 aromatic carbocycles. The Labute approximate surface area is 121 Å². The zero-order chi connectivity index (χ0) is 13.5. The van der Waals surface area contributed by atoms with E-state index >= 15 is 0 Å². The van der Waals surface area contributed by atoms with Crippen molar-refractivity contribution in [1.82, 2.24) is 4.90 Å². The third-order valence-corrected chi connectivity index (χ3v) is 4.70. The van der Waals surface area contributed by atoms with Crippen LogP contribution in [0.1, 0.15) is 12.8 Å². The third kappa shape index (κ3) is 2.43. The fraction of sp³-hybridized carbons (Fsp3) is 0.500. The Bertz CT molecular complexity index is 483. The molecule has 1 amide bonds. The second-order valence-electron chi connectivity index (χ2n) is 5.64. The quantitative estimate of drug-likeness (QED) is 0.863. The number of rotatable bonds is 1. The van der Waals surface area contributed by atoms with Crippen LogP contribution in [-0.4, -0.2) is 42.3 Å². The minimum atomic E-state index is -0.777. The highest BCUT2D eigenvalue weighted by Crippen LogP contribution is 2.41. The summed E-state index contributed by atoms with van der Waals surface area (Å²) in [6, 6.07) is 8.30. The van der Waals surface area contributed by atoms with Gasteiger partial charge in [-0.15, -0.1) is 0 Å². The van der Waals surface area contributed by atoms with E-state index in [9.17, 15) is 4.79 Å². The molecule has 0 aliphatic carbocycles. The van der Waals surface area contributed by atoms with Gasteiger partial charge in [-0.05, 0) is 37.1 Å². The minimum Gasteiger partial charge on any atom is -0.465 e. The molecule has 2 saturated heterocycles. The molecule has 0 unspecified atom stereocenters. The third-order valence-electron chi connectivity index (χ3n) is 4.18. The number of hydrogen-bond donors (Lipinski definition) is 1. The van der Waals surface area contributed by atoms with Crippen molar-refractivity contribution in [2.24, 2.45) is 5.41 Å². The van der Waals surface area contributed by atoms with Crippen LogP contribution in [0.5, 0.6) is 0 Å². The van der Waals surface area contributed by atoms with Crippen molar-refractivity contribution < 1.29 is 9.90 Å². The number of carbonyl (C=O) groups is 1. The summed E-state index contributed by atoms with van der Waals surface area (Å²) in [6.07, 6.45) is 1.35. The van der Waals surface area contributed by atoms with Crippen LogP contribution in [0.15, 0.2) is 28.7 Å². The van der Waals surface area contributed by atoms with E-state index in [1.54, 1.807) is 4.90 Å². The molecule has 0 aromatic heterocycles. The van der Waals surface area contributed by atoms with Crippen molar-refractivity contribution in [2.45, 2.75) is 12.8 Å². The molecule has 0 radical (unpaired) electrons. The minimum absolute atomic E-state index is 0.184. The molecule has 0 atom stereocenters. The Morgan fingerprint density at radius 3 is 2.53 bits per heavy atom. The molecule has 5 heteroatoms. The lowest BCUT2D eigenvalue weighted by Crippen LogP contribution is -2.63. The van der Waals surface area contributed by atoms with Crippen LogP contribution in [-0.2, 0) is 0 Å². The molecule has 4 nitrogen and oxygen atoms in total. The lowest BCUT2D eigenvalue weighted by Gasteiger charge is -2.55. The molecule has 1 spiro atoms. The topological polar surface area (TPSA) is 43.8 Å². The van der Waals surface area contributed by atoms with Gasteiger partial charge in [-0.2, -0.15) is 0 Å². The molecular weight excluding hydrogens is 308 g/mol. The highest BCUT2D eigenvalue weighted by atomic mass is 79.9. The highest BCUT2D eigenvalue weighted by Gasteiger charge is 2.46. The first-order chi connectivity index (χ1) is 9.08. The molecule has 2 heterocycles. The van der Waals surface area contributed by atoms with Crippen molar-refractivity contribution in [3.63, 3.8) is 0 Å². The zero-order valence-corrected chi connectivity index (χ0v) is 12.3. The molecule has 1 aromatic rings. The van der Waals surface area contributed by atoms with Gasteiger partial charge in [-0.25, -0.2) is 4.79 Å². The number of likely N-dealkylation sites (tertiary alicyclic amines) is 1. The van der Waals surface area contributed by atoms with E-state index in [4.69, 9.17) is 5.11 Å². The number of carboxylic acid groups (broad SMARTS) is 1. The van der Waals surface area contributed by atoms with E-state index in [0.717, 1.165) is 30.4 Å². The van der Waals surface area contributed by atoms with Crippen LogP contribution < -0.4 is 4.90 Å². The number of nitrogens with zero attached hydrogens (tertiary/aromatic N) is 2. The average molecular weight is 325 g/mol. The zero-order valence-electron chi connectivity index (χ0n) is 10.7. The van der Waals surface area contributed by atoms with E-state index < -0.39 is 6.09 Å². The first-order valence-corrected chi connectivity index (χ1v) is 7.36. The summed E-state index contributed by atoms with van der Waals surface area (Å²) in [5.41, 5.74) is 1.41. The van der Waals surface area contributed by atoms with Crippen molar-refractivity contribution in [2.75, 3.05) is 31.1 Å². The van der Waals surface area contributed by atoms with E-state index in [2.05, 4.69) is 33.0 Å². The first-order valence-electron chi connectivity index (χ1n) is 6.56. The predicted octanol–water partition coefficient (Wildman–Crippen LogP) is 3.03. The SMILES string of the molecule is O=C(O)N1CCCC2(C1)CN(c1ccc(Br)cc1)C2. The van der Waals surface area contributed by atoms with E-state index in [1.165, 1.54) is 5.69 Å². The van der Waals surface area contributed by atoms with Gasteiger partial charge in [-0.3, -0.25) is 0 Å². The molecule has 1 N–H and O–H groups in total. The number of anilines is 1. The smallest absolute Gasteiger partial charge is 0.407 e. The van der Waals surface area contributed by atoms with Crippen LogP contribution in [0.3, 0.4) is 0 Å². The van der Waals surface area contributed by atoms with Crippen molar-refractivity contribution in [3.05, 3.63) is 28.7 Å². The summed E-state index contributed by atoms with van der Waals surface area (Å²) >= 11 is 3.44.